The average Bonchev–Trinajstić information content (AvgIpc) is 2.63. The molecule has 2 N–H and O–H groups in total. The number of carbonyl (C=O) groups is 2. The van der Waals surface area contributed by atoms with Crippen LogP contribution in [0.4, 0.5) is 11.4 Å². The Bertz CT molecular complexity index is 765. The summed E-state index contributed by atoms with van der Waals surface area (Å²) in [6.45, 7) is 1.80. The lowest BCUT2D eigenvalue weighted by Crippen LogP contribution is -2.43. The molecule has 2 rings (SSSR count). The van der Waals surface area contributed by atoms with Crippen molar-refractivity contribution in [2.24, 2.45) is 0 Å². The van der Waals surface area contributed by atoms with Crippen LogP contribution in [0.5, 0.6) is 5.75 Å². The molecule has 6 nitrogen and oxygen atoms in total. The van der Waals surface area contributed by atoms with Gasteiger partial charge in [-0.2, -0.15) is 0 Å². The van der Waals surface area contributed by atoms with Crippen molar-refractivity contribution in [3.8, 4) is 5.75 Å². The summed E-state index contributed by atoms with van der Waals surface area (Å²) in [6, 6.07) is 13.5. The summed E-state index contributed by atoms with van der Waals surface area (Å²) in [4.78, 5) is 26.2. The maximum Gasteiger partial charge on any atom is 0.241 e. The van der Waals surface area contributed by atoms with E-state index in [-0.39, 0.29) is 18.4 Å². The number of para-hydroxylation sites is 1. The van der Waals surface area contributed by atoms with E-state index in [0.29, 0.717) is 22.1 Å². The second-order valence-corrected chi connectivity index (χ2v) is 6.24. The highest BCUT2D eigenvalue weighted by atomic mass is 35.5. The summed E-state index contributed by atoms with van der Waals surface area (Å²) in [5.74, 6) is 0.262. The van der Waals surface area contributed by atoms with Gasteiger partial charge in [-0.3, -0.25) is 14.5 Å². The Morgan fingerprint density at radius 1 is 1.12 bits per heavy atom. The quantitative estimate of drug-likeness (QED) is 0.779. The lowest BCUT2D eigenvalue weighted by atomic mass is 10.2. The van der Waals surface area contributed by atoms with E-state index in [1.165, 1.54) is 0 Å². The molecular weight excluding hydrogens is 354 g/mol. The molecule has 138 valence electrons. The van der Waals surface area contributed by atoms with Crippen molar-refractivity contribution < 1.29 is 14.3 Å². The van der Waals surface area contributed by atoms with E-state index in [4.69, 9.17) is 16.3 Å². The molecule has 1 atom stereocenters. The van der Waals surface area contributed by atoms with Gasteiger partial charge in [-0.25, -0.2) is 0 Å². The number of anilines is 2. The van der Waals surface area contributed by atoms with Gasteiger partial charge < -0.3 is 15.4 Å². The number of nitrogens with one attached hydrogen (secondary N) is 2. The maximum absolute atomic E-state index is 12.4. The third kappa shape index (κ3) is 5.47. The Morgan fingerprint density at radius 2 is 1.77 bits per heavy atom. The molecule has 0 spiro atoms. The SMILES string of the molecule is COc1ccc(NC(=O)CN(C)[C@@H](C)C(=O)Nc2ccccc2Cl)cc1. The molecule has 0 aliphatic heterocycles. The number of likely N-dealkylation sites (N-methyl/N-ethyl adjacent to an activating group) is 1. The van der Waals surface area contributed by atoms with Gasteiger partial charge >= 0.3 is 0 Å². The number of methoxy groups -OCH3 is 1. The zero-order chi connectivity index (χ0) is 19.1. The smallest absolute Gasteiger partial charge is 0.241 e. The molecule has 2 aromatic rings. The van der Waals surface area contributed by atoms with Crippen LogP contribution in [0.25, 0.3) is 0 Å². The summed E-state index contributed by atoms with van der Waals surface area (Å²) in [6.07, 6.45) is 0. The first-order valence-electron chi connectivity index (χ1n) is 8.10. The molecule has 2 aromatic carbocycles. The minimum absolute atomic E-state index is 0.0726. The Balaban J connectivity index is 1.88. The molecule has 0 saturated carbocycles. The maximum atomic E-state index is 12.4. The summed E-state index contributed by atoms with van der Waals surface area (Å²) in [5, 5.41) is 6.02. The van der Waals surface area contributed by atoms with Crippen molar-refractivity contribution in [1.29, 1.82) is 0 Å². The van der Waals surface area contributed by atoms with E-state index in [1.807, 2.05) is 0 Å². The lowest BCUT2D eigenvalue weighted by molar-refractivity contribution is -0.122. The number of hydrogen-bond acceptors (Lipinski definition) is 4. The van der Waals surface area contributed by atoms with Gasteiger partial charge in [0.1, 0.15) is 5.75 Å². The Hall–Kier alpha value is -2.57. The number of amides is 2. The fraction of sp³-hybridized carbons (Fsp3) is 0.263. The van der Waals surface area contributed by atoms with Crippen LogP contribution >= 0.6 is 11.6 Å². The first kappa shape index (κ1) is 19.8. The number of hydrogen-bond donors (Lipinski definition) is 2. The Morgan fingerprint density at radius 3 is 2.38 bits per heavy atom. The van der Waals surface area contributed by atoms with Gasteiger partial charge in [-0.05, 0) is 50.4 Å². The highest BCUT2D eigenvalue weighted by molar-refractivity contribution is 6.33. The van der Waals surface area contributed by atoms with E-state index in [2.05, 4.69) is 10.6 Å². The van der Waals surface area contributed by atoms with Crippen molar-refractivity contribution in [2.75, 3.05) is 31.3 Å². The van der Waals surface area contributed by atoms with Crippen LogP contribution in [0.1, 0.15) is 6.92 Å². The molecule has 7 heteroatoms. The predicted molar refractivity (Wildman–Crippen MR) is 104 cm³/mol. The first-order chi connectivity index (χ1) is 12.4. The molecule has 0 aliphatic carbocycles. The lowest BCUT2D eigenvalue weighted by Gasteiger charge is -2.23. The second-order valence-electron chi connectivity index (χ2n) is 5.84. The van der Waals surface area contributed by atoms with Gasteiger partial charge in [-0.1, -0.05) is 23.7 Å². The molecule has 0 saturated heterocycles. The van der Waals surface area contributed by atoms with Gasteiger partial charge in [-0.15, -0.1) is 0 Å². The normalized spacial score (nSPS) is 11.7. The van der Waals surface area contributed by atoms with Crippen LogP contribution < -0.4 is 15.4 Å². The summed E-state index contributed by atoms with van der Waals surface area (Å²) < 4.78 is 5.08. The van der Waals surface area contributed by atoms with Crippen LogP contribution in [0.2, 0.25) is 5.02 Å². The number of halogens is 1. The van der Waals surface area contributed by atoms with Crippen molar-refractivity contribution in [3.63, 3.8) is 0 Å². The number of benzene rings is 2. The molecule has 0 fully saturated rings. The highest BCUT2D eigenvalue weighted by Crippen LogP contribution is 2.21. The van der Waals surface area contributed by atoms with Crippen LogP contribution in [-0.2, 0) is 9.59 Å². The summed E-state index contributed by atoms with van der Waals surface area (Å²) in [7, 11) is 3.29. The van der Waals surface area contributed by atoms with Gasteiger partial charge in [0.25, 0.3) is 0 Å². The number of rotatable bonds is 7. The zero-order valence-electron chi connectivity index (χ0n) is 15.0. The fourth-order valence-electron chi connectivity index (χ4n) is 2.24. The third-order valence-electron chi connectivity index (χ3n) is 3.94. The zero-order valence-corrected chi connectivity index (χ0v) is 15.7. The monoisotopic (exact) mass is 375 g/mol. The van der Waals surface area contributed by atoms with Crippen LogP contribution in [0.15, 0.2) is 48.5 Å². The molecule has 26 heavy (non-hydrogen) atoms. The standard InChI is InChI=1S/C19H22ClN3O3/c1-13(19(25)22-17-7-5-4-6-16(17)20)23(2)12-18(24)21-14-8-10-15(26-3)11-9-14/h4-11,13H,12H2,1-3H3,(H,21,24)(H,22,25)/t13-/m0/s1. The van der Waals surface area contributed by atoms with Crippen molar-refractivity contribution in [3.05, 3.63) is 53.6 Å². The molecule has 0 aliphatic rings. The van der Waals surface area contributed by atoms with Crippen molar-refractivity contribution >= 4 is 34.8 Å². The molecule has 0 unspecified atom stereocenters. The minimum atomic E-state index is -0.507. The topological polar surface area (TPSA) is 70.7 Å². The average molecular weight is 376 g/mol. The number of carbonyl (C=O) groups excluding carboxylic acids is 2. The Kier molecular flexibility index (Phi) is 7.00. The molecule has 2 amide bonds. The molecule has 0 heterocycles. The van der Waals surface area contributed by atoms with Crippen molar-refractivity contribution in [1.82, 2.24) is 4.90 Å². The fourth-order valence-corrected chi connectivity index (χ4v) is 2.42. The highest BCUT2D eigenvalue weighted by Gasteiger charge is 2.20. The van der Waals surface area contributed by atoms with Crippen molar-refractivity contribution in [2.45, 2.75) is 13.0 Å². The molecule has 0 aromatic heterocycles. The van der Waals surface area contributed by atoms with Gasteiger partial charge in [0.05, 0.1) is 30.4 Å². The number of ether oxygens (including phenoxy) is 1. The van der Waals surface area contributed by atoms with E-state index >= 15 is 0 Å². The van der Waals surface area contributed by atoms with Crippen LogP contribution in [-0.4, -0.2) is 43.5 Å². The van der Waals surface area contributed by atoms with Gasteiger partial charge in [0.15, 0.2) is 0 Å². The number of nitrogens with zero attached hydrogens (tertiary/aromatic N) is 1. The molecular formula is C19H22ClN3O3. The van der Waals surface area contributed by atoms with E-state index in [9.17, 15) is 9.59 Å². The minimum Gasteiger partial charge on any atom is -0.497 e. The van der Waals surface area contributed by atoms with Gasteiger partial charge in [0.2, 0.25) is 11.8 Å². The summed E-state index contributed by atoms with van der Waals surface area (Å²) in [5.41, 5.74) is 1.21. The van der Waals surface area contributed by atoms with E-state index in [0.717, 1.165) is 0 Å². The Labute approximate surface area is 158 Å². The van der Waals surface area contributed by atoms with Crippen LogP contribution in [0, 0.1) is 0 Å². The molecule has 0 radical (unpaired) electrons. The third-order valence-corrected chi connectivity index (χ3v) is 4.27. The molecule has 0 bridgehead atoms. The second kappa shape index (κ2) is 9.22. The van der Waals surface area contributed by atoms with E-state index < -0.39 is 6.04 Å². The largest absolute Gasteiger partial charge is 0.497 e. The van der Waals surface area contributed by atoms with E-state index in [1.54, 1.807) is 74.5 Å². The first-order valence-corrected chi connectivity index (χ1v) is 8.48. The summed E-state index contributed by atoms with van der Waals surface area (Å²) >= 11 is 6.05. The van der Waals surface area contributed by atoms with Gasteiger partial charge in [0, 0.05) is 5.69 Å². The predicted octanol–water partition coefficient (Wildman–Crippen LogP) is 3.25. The van der Waals surface area contributed by atoms with Crippen LogP contribution in [0.3, 0.4) is 0 Å².